The SMILES string of the molecule is C=C(C)C(=O)OC(=O)C(=C)C.C=C(C)C(=O)OCCNS(=O)(=O)CCC(F)(C(F)(F)F)C(F)(F)F.O=S(=O)(CCC(F)(C(F)(F)F)C(F)(F)F)NCCO. The Balaban J connectivity index is -0.000000772. The Morgan fingerprint density at radius 1 is 0.556 bits per heavy atom. The van der Waals surface area contributed by atoms with Crippen LogP contribution in [0, 0.1) is 0 Å². The van der Waals surface area contributed by atoms with Crippen LogP contribution >= 0.6 is 0 Å². The average molecular weight is 865 g/mol. The third-order valence-corrected chi connectivity index (χ3v) is 8.32. The van der Waals surface area contributed by atoms with E-state index < -0.39 is 125 Å². The Kier molecular flexibility index (Phi) is 21.5. The first-order chi connectivity index (χ1) is 23.7. The van der Waals surface area contributed by atoms with Gasteiger partial charge in [-0.3, -0.25) is 0 Å². The van der Waals surface area contributed by atoms with Crippen LogP contribution in [0.5, 0.6) is 0 Å². The molecule has 0 aliphatic heterocycles. The molecule has 3 N–H and O–H groups in total. The summed E-state index contributed by atoms with van der Waals surface area (Å²) in [6, 6.07) is 0. The van der Waals surface area contributed by atoms with Gasteiger partial charge in [0.15, 0.2) is 0 Å². The molecule has 0 heterocycles. The second-order valence-corrected chi connectivity index (χ2v) is 14.3. The van der Waals surface area contributed by atoms with Crippen LogP contribution in [-0.4, -0.2) is 114 Å². The van der Waals surface area contributed by atoms with Crippen molar-refractivity contribution in [3.05, 3.63) is 36.5 Å². The minimum Gasteiger partial charge on any atom is -0.461 e. The lowest BCUT2D eigenvalue weighted by Crippen LogP contribution is -2.54. The summed E-state index contributed by atoms with van der Waals surface area (Å²) in [6.07, 6.45) is -29.9. The van der Waals surface area contributed by atoms with Crippen LogP contribution < -0.4 is 9.44 Å². The van der Waals surface area contributed by atoms with Gasteiger partial charge in [-0.15, -0.1) is 0 Å². The number of alkyl halides is 14. The molecule has 0 aliphatic rings. The van der Waals surface area contributed by atoms with E-state index in [9.17, 15) is 92.7 Å². The highest BCUT2D eigenvalue weighted by Crippen LogP contribution is 2.49. The van der Waals surface area contributed by atoms with E-state index in [0.717, 1.165) is 0 Å². The lowest BCUT2D eigenvalue weighted by molar-refractivity contribution is -0.342. The number of sulfonamides is 2. The van der Waals surface area contributed by atoms with Crippen molar-refractivity contribution in [1.82, 2.24) is 9.44 Å². The molecule has 0 fully saturated rings. The molecule has 0 saturated heterocycles. The highest BCUT2D eigenvalue weighted by atomic mass is 32.2. The van der Waals surface area contributed by atoms with Gasteiger partial charge in [0.05, 0.1) is 18.1 Å². The molecule has 0 radical (unpaired) electrons. The van der Waals surface area contributed by atoms with Gasteiger partial charge >= 0.3 is 42.6 Å². The molecule has 0 atom stereocenters. The van der Waals surface area contributed by atoms with E-state index in [0.29, 0.717) is 0 Å². The highest BCUT2D eigenvalue weighted by Gasteiger charge is 2.73. The summed E-state index contributed by atoms with van der Waals surface area (Å²) >= 11 is 0. The van der Waals surface area contributed by atoms with E-state index in [1.165, 1.54) is 25.5 Å². The standard InChI is InChI=1S/C11H14F7NO4S.C8H10O3.C7H10F7NO3S/c1-7(2)8(20)23-5-4-19-24(21,22)6-3-9(12,10(13,14)15)11(16,17)18;1-5(2)7(9)11-8(10)6(3)4;8-5(6(9,10)11,7(12,13)14)1-4-19(17,18)15-2-3-16/h19H,1,3-6H2,2H3;1,3H2,2,4H3;15-16H,1-4H2. The smallest absolute Gasteiger partial charge is 0.431 e. The lowest BCUT2D eigenvalue weighted by Gasteiger charge is -2.29. The van der Waals surface area contributed by atoms with Crippen molar-refractivity contribution in [2.75, 3.05) is 37.8 Å². The van der Waals surface area contributed by atoms with E-state index in [1.807, 2.05) is 0 Å². The van der Waals surface area contributed by atoms with Crippen LogP contribution in [0.25, 0.3) is 0 Å². The van der Waals surface area contributed by atoms with E-state index in [4.69, 9.17) is 5.11 Å². The summed E-state index contributed by atoms with van der Waals surface area (Å²) in [6.45, 7) is 11.6. The van der Waals surface area contributed by atoms with Crippen LogP contribution in [0.15, 0.2) is 36.5 Å². The maximum absolute atomic E-state index is 13.3. The van der Waals surface area contributed by atoms with Crippen molar-refractivity contribution in [2.45, 2.75) is 69.7 Å². The summed E-state index contributed by atoms with van der Waals surface area (Å²) in [5.41, 5.74) is -10.9. The number of carbonyl (C=O) groups is 3. The van der Waals surface area contributed by atoms with Gasteiger partial charge in [-0.25, -0.2) is 49.4 Å². The van der Waals surface area contributed by atoms with Gasteiger partial charge in [0.25, 0.3) is 11.3 Å². The maximum atomic E-state index is 13.3. The predicted octanol–water partition coefficient (Wildman–Crippen LogP) is 4.58. The van der Waals surface area contributed by atoms with Gasteiger partial charge in [0.1, 0.15) is 6.61 Å². The topological polar surface area (TPSA) is 182 Å². The number of esters is 3. The molecule has 0 aromatic carbocycles. The van der Waals surface area contributed by atoms with E-state index in [1.54, 1.807) is 4.72 Å². The zero-order valence-electron chi connectivity index (χ0n) is 28.0. The Morgan fingerprint density at radius 3 is 1.07 bits per heavy atom. The number of hydrogen-bond donors (Lipinski definition) is 3. The number of hydrogen-bond acceptors (Lipinski definition) is 10. The minimum absolute atomic E-state index is 0.00424. The number of aliphatic hydroxyl groups is 1. The van der Waals surface area contributed by atoms with Gasteiger partial charge < -0.3 is 14.6 Å². The molecule has 0 bridgehead atoms. The summed E-state index contributed by atoms with van der Waals surface area (Å²) in [4.78, 5) is 32.3. The van der Waals surface area contributed by atoms with Crippen LogP contribution in [0.2, 0.25) is 0 Å². The molecule has 0 aliphatic carbocycles. The van der Waals surface area contributed by atoms with E-state index in [2.05, 4.69) is 29.2 Å². The monoisotopic (exact) mass is 864 g/mol. The molecule has 0 saturated carbocycles. The Morgan fingerprint density at radius 2 is 0.833 bits per heavy atom. The largest absolute Gasteiger partial charge is 0.461 e. The summed E-state index contributed by atoms with van der Waals surface area (Å²) in [7, 11) is -9.20. The molecule has 28 heteroatoms. The number of rotatable bonds is 16. The summed E-state index contributed by atoms with van der Waals surface area (Å²) < 4.78 is 229. The Bertz CT molecular complexity index is 1490. The summed E-state index contributed by atoms with van der Waals surface area (Å²) in [5, 5.41) is 8.26. The van der Waals surface area contributed by atoms with E-state index >= 15 is 0 Å². The fourth-order valence-corrected chi connectivity index (χ4v) is 4.69. The molecule has 318 valence electrons. The lowest BCUT2D eigenvalue weighted by atomic mass is 10.0. The first-order valence-corrected chi connectivity index (χ1v) is 17.2. The third kappa shape index (κ3) is 19.3. The number of ether oxygens (including phenoxy) is 2. The Labute approximate surface area is 298 Å². The van der Waals surface area contributed by atoms with Crippen molar-refractivity contribution >= 4 is 38.0 Å². The summed E-state index contributed by atoms with van der Waals surface area (Å²) in [5.74, 6) is -5.78. The second kappa shape index (κ2) is 21.1. The molecular weight excluding hydrogens is 830 g/mol. The number of halogens is 14. The predicted molar refractivity (Wildman–Crippen MR) is 158 cm³/mol. The molecular formula is C26H34F14N2O10S2. The van der Waals surface area contributed by atoms with Crippen molar-refractivity contribution in [3.63, 3.8) is 0 Å². The van der Waals surface area contributed by atoms with E-state index in [-0.39, 0.29) is 16.7 Å². The van der Waals surface area contributed by atoms with Crippen molar-refractivity contribution in [3.8, 4) is 0 Å². The number of nitrogens with one attached hydrogen (secondary N) is 2. The fourth-order valence-electron chi connectivity index (χ4n) is 2.51. The number of aliphatic hydroxyl groups excluding tert-OH is 1. The first-order valence-electron chi connectivity index (χ1n) is 13.9. The van der Waals surface area contributed by atoms with Gasteiger partial charge in [-0.1, -0.05) is 19.7 Å². The van der Waals surface area contributed by atoms with Crippen molar-refractivity contribution in [2.24, 2.45) is 0 Å². The van der Waals surface area contributed by atoms with Gasteiger partial charge in [0, 0.05) is 42.7 Å². The minimum atomic E-state index is -6.32. The fraction of sp³-hybridized carbons (Fsp3) is 0.654. The molecule has 12 nitrogen and oxygen atoms in total. The van der Waals surface area contributed by atoms with Crippen LogP contribution in [0.4, 0.5) is 61.5 Å². The number of carbonyl (C=O) groups excluding carboxylic acids is 3. The highest BCUT2D eigenvalue weighted by molar-refractivity contribution is 7.89. The van der Waals surface area contributed by atoms with Crippen LogP contribution in [-0.2, 0) is 43.9 Å². The molecule has 54 heavy (non-hydrogen) atoms. The maximum Gasteiger partial charge on any atom is 0.431 e. The quantitative estimate of drug-likeness (QED) is 0.0654. The van der Waals surface area contributed by atoms with Gasteiger partial charge in [-0.05, 0) is 20.8 Å². The first kappa shape index (κ1) is 55.0. The zero-order chi connectivity index (χ0) is 43.9. The third-order valence-electron chi connectivity index (χ3n) is 5.55. The van der Waals surface area contributed by atoms with Crippen molar-refractivity contribution in [1.29, 1.82) is 0 Å². The second-order valence-electron chi connectivity index (χ2n) is 10.4. The Hall–Kier alpha value is -3.37. The average Bonchev–Trinajstić information content (AvgIpc) is 2.97. The van der Waals surface area contributed by atoms with Crippen LogP contribution in [0.3, 0.4) is 0 Å². The van der Waals surface area contributed by atoms with Crippen molar-refractivity contribution < 1.29 is 107 Å². The molecule has 0 aromatic heterocycles. The van der Waals surface area contributed by atoms with Crippen LogP contribution in [0.1, 0.15) is 33.6 Å². The van der Waals surface area contributed by atoms with Gasteiger partial charge in [-0.2, -0.15) is 52.7 Å². The zero-order valence-corrected chi connectivity index (χ0v) is 29.6. The molecule has 0 spiro atoms. The molecule has 0 amide bonds. The normalized spacial score (nSPS) is 13.0. The molecule has 0 unspecified atom stereocenters. The molecule has 0 rings (SSSR count). The molecule has 0 aromatic rings. The van der Waals surface area contributed by atoms with Gasteiger partial charge in [0.2, 0.25) is 20.0 Å².